The molecule has 0 spiro atoms. The van der Waals surface area contributed by atoms with Crippen LogP contribution >= 0.6 is 15.9 Å². The zero-order chi connectivity index (χ0) is 19.4. The van der Waals surface area contributed by atoms with E-state index in [-0.39, 0.29) is 0 Å². The van der Waals surface area contributed by atoms with Gasteiger partial charge in [0.25, 0.3) is 0 Å². The molecule has 1 unspecified atom stereocenters. The van der Waals surface area contributed by atoms with Crippen molar-refractivity contribution in [3.8, 4) is 5.75 Å². The zero-order valence-electron chi connectivity index (χ0n) is 14.9. The molecule has 1 aromatic rings. The third-order valence-electron chi connectivity index (χ3n) is 3.79. The van der Waals surface area contributed by atoms with Gasteiger partial charge in [0.1, 0.15) is 12.4 Å². The average Bonchev–Trinajstić information content (AvgIpc) is 2.60. The van der Waals surface area contributed by atoms with E-state index < -0.39 is 11.9 Å². The molecule has 26 heavy (non-hydrogen) atoms. The quantitative estimate of drug-likeness (QED) is 0.505. The van der Waals surface area contributed by atoms with E-state index in [4.69, 9.17) is 29.3 Å². The fraction of sp³-hybridized carbons (Fsp3) is 0.556. The van der Waals surface area contributed by atoms with Crippen molar-refractivity contribution < 1.29 is 29.3 Å². The molecule has 1 aliphatic rings. The fourth-order valence-electron chi connectivity index (χ4n) is 2.53. The minimum Gasteiger partial charge on any atom is -0.491 e. The highest BCUT2D eigenvalue weighted by Crippen LogP contribution is 2.16. The summed E-state index contributed by atoms with van der Waals surface area (Å²) in [4.78, 5) is 20.7. The zero-order valence-corrected chi connectivity index (χ0v) is 16.5. The topological polar surface area (TPSA) is 96.3 Å². The Morgan fingerprint density at radius 2 is 1.81 bits per heavy atom. The maximum Gasteiger partial charge on any atom is 0.414 e. The van der Waals surface area contributed by atoms with Gasteiger partial charge in [-0.15, -0.1) is 0 Å². The van der Waals surface area contributed by atoms with Crippen LogP contribution in [0.4, 0.5) is 0 Å². The molecule has 2 rings (SSSR count). The van der Waals surface area contributed by atoms with Crippen molar-refractivity contribution in [1.29, 1.82) is 0 Å². The summed E-state index contributed by atoms with van der Waals surface area (Å²) in [5.74, 6) is -1.92. The molecule has 1 saturated heterocycles. The van der Waals surface area contributed by atoms with Gasteiger partial charge in [0.05, 0.1) is 13.2 Å². The Kier molecular flexibility index (Phi) is 10.9. The van der Waals surface area contributed by atoms with Crippen molar-refractivity contribution in [2.24, 2.45) is 5.92 Å². The number of carbonyl (C=O) groups is 2. The molecule has 0 radical (unpaired) electrons. The summed E-state index contributed by atoms with van der Waals surface area (Å²) in [6, 6.07) is 7.87. The van der Waals surface area contributed by atoms with Crippen molar-refractivity contribution in [3.05, 3.63) is 28.7 Å². The first-order valence-electron chi connectivity index (χ1n) is 8.53. The highest BCUT2D eigenvalue weighted by molar-refractivity contribution is 9.10. The standard InChI is InChI=1S/C16H24BrNO2.C2H2O4/c1-14-3-2-8-18(13-14)9-10-19-11-12-20-16-6-4-15(17)5-7-16;3-1(4)2(5)6/h4-7,14H,2-3,8-13H2,1H3;(H,3,4)(H,5,6). The normalized spacial score (nSPS) is 17.1. The smallest absolute Gasteiger partial charge is 0.414 e. The van der Waals surface area contributed by atoms with E-state index in [2.05, 4.69) is 27.8 Å². The van der Waals surface area contributed by atoms with Crippen LogP contribution in [-0.2, 0) is 14.3 Å². The molecule has 1 atom stereocenters. The lowest BCUT2D eigenvalue weighted by Crippen LogP contribution is -2.36. The van der Waals surface area contributed by atoms with Crippen molar-refractivity contribution in [1.82, 2.24) is 4.90 Å². The number of carboxylic acid groups (broad SMARTS) is 2. The molecule has 0 saturated carbocycles. The van der Waals surface area contributed by atoms with Gasteiger partial charge in [-0.3, -0.25) is 0 Å². The number of hydrogen-bond donors (Lipinski definition) is 2. The third kappa shape index (κ3) is 10.4. The number of nitrogens with zero attached hydrogens (tertiary/aromatic N) is 1. The van der Waals surface area contributed by atoms with Gasteiger partial charge in [-0.1, -0.05) is 22.9 Å². The lowest BCUT2D eigenvalue weighted by molar-refractivity contribution is -0.159. The monoisotopic (exact) mass is 431 g/mol. The summed E-state index contributed by atoms with van der Waals surface area (Å²) in [6.45, 7) is 7.89. The molecule has 0 aromatic heterocycles. The van der Waals surface area contributed by atoms with Crippen LogP contribution in [0.5, 0.6) is 5.75 Å². The Morgan fingerprint density at radius 1 is 1.15 bits per heavy atom. The summed E-state index contributed by atoms with van der Waals surface area (Å²) < 4.78 is 12.3. The van der Waals surface area contributed by atoms with Gasteiger partial charge in [-0.05, 0) is 49.6 Å². The lowest BCUT2D eigenvalue weighted by atomic mass is 10.0. The molecule has 0 bridgehead atoms. The van der Waals surface area contributed by atoms with E-state index in [1.165, 1.54) is 25.9 Å². The molecule has 1 aliphatic heterocycles. The number of hydrogen-bond acceptors (Lipinski definition) is 5. The van der Waals surface area contributed by atoms with E-state index in [1.807, 2.05) is 24.3 Å². The van der Waals surface area contributed by atoms with Gasteiger partial charge >= 0.3 is 11.9 Å². The Hall–Kier alpha value is -1.64. The maximum atomic E-state index is 9.10. The third-order valence-corrected chi connectivity index (χ3v) is 4.31. The van der Waals surface area contributed by atoms with Crippen molar-refractivity contribution in [2.45, 2.75) is 19.8 Å². The SMILES string of the molecule is CC1CCCN(CCOCCOc2ccc(Br)cc2)C1.O=C(O)C(=O)O. The first-order chi connectivity index (χ1) is 12.4. The Morgan fingerprint density at radius 3 is 2.38 bits per heavy atom. The molecule has 0 amide bonds. The van der Waals surface area contributed by atoms with E-state index in [0.717, 1.165) is 29.3 Å². The van der Waals surface area contributed by atoms with Crippen LogP contribution in [-0.4, -0.2) is 66.5 Å². The van der Waals surface area contributed by atoms with E-state index in [1.54, 1.807) is 0 Å². The molecule has 1 heterocycles. The number of halogens is 1. The van der Waals surface area contributed by atoms with Gasteiger partial charge in [0.15, 0.2) is 0 Å². The molecule has 1 fully saturated rings. The Labute approximate surface area is 162 Å². The first-order valence-corrected chi connectivity index (χ1v) is 9.32. The molecular formula is C18H26BrNO6. The van der Waals surface area contributed by atoms with Crippen LogP contribution in [0.1, 0.15) is 19.8 Å². The summed E-state index contributed by atoms with van der Waals surface area (Å²) >= 11 is 3.40. The van der Waals surface area contributed by atoms with Crippen molar-refractivity contribution >= 4 is 27.9 Å². The van der Waals surface area contributed by atoms with E-state index in [0.29, 0.717) is 13.2 Å². The highest BCUT2D eigenvalue weighted by atomic mass is 79.9. The van der Waals surface area contributed by atoms with Gasteiger partial charge < -0.3 is 24.6 Å². The minimum absolute atomic E-state index is 0.609. The summed E-state index contributed by atoms with van der Waals surface area (Å²) in [5, 5.41) is 14.8. The molecule has 2 N–H and O–H groups in total. The molecule has 0 aliphatic carbocycles. The van der Waals surface area contributed by atoms with Crippen LogP contribution < -0.4 is 4.74 Å². The van der Waals surface area contributed by atoms with Crippen LogP contribution in [0.15, 0.2) is 28.7 Å². The summed E-state index contributed by atoms with van der Waals surface area (Å²) in [7, 11) is 0. The number of benzene rings is 1. The number of likely N-dealkylation sites (tertiary alicyclic amines) is 1. The summed E-state index contributed by atoms with van der Waals surface area (Å²) in [6.07, 6.45) is 2.70. The lowest BCUT2D eigenvalue weighted by Gasteiger charge is -2.30. The van der Waals surface area contributed by atoms with Gasteiger partial charge in [0.2, 0.25) is 0 Å². The largest absolute Gasteiger partial charge is 0.491 e. The second kappa shape index (κ2) is 12.7. The number of carboxylic acids is 2. The summed E-state index contributed by atoms with van der Waals surface area (Å²) in [5.41, 5.74) is 0. The molecule has 7 nitrogen and oxygen atoms in total. The number of piperidine rings is 1. The average molecular weight is 432 g/mol. The second-order valence-corrected chi connectivity index (χ2v) is 6.99. The van der Waals surface area contributed by atoms with E-state index in [9.17, 15) is 0 Å². The van der Waals surface area contributed by atoms with Crippen LogP contribution in [0.3, 0.4) is 0 Å². The highest BCUT2D eigenvalue weighted by Gasteiger charge is 2.15. The van der Waals surface area contributed by atoms with Gasteiger partial charge in [0, 0.05) is 17.6 Å². The van der Waals surface area contributed by atoms with Crippen molar-refractivity contribution in [3.63, 3.8) is 0 Å². The Balaban J connectivity index is 0.000000487. The Bertz CT molecular complexity index is 539. The molecule has 146 valence electrons. The van der Waals surface area contributed by atoms with Gasteiger partial charge in [-0.25, -0.2) is 9.59 Å². The fourth-order valence-corrected chi connectivity index (χ4v) is 2.80. The van der Waals surface area contributed by atoms with Crippen LogP contribution in [0.2, 0.25) is 0 Å². The second-order valence-electron chi connectivity index (χ2n) is 6.07. The number of rotatable bonds is 7. The van der Waals surface area contributed by atoms with Gasteiger partial charge in [-0.2, -0.15) is 0 Å². The predicted molar refractivity (Wildman–Crippen MR) is 101 cm³/mol. The van der Waals surface area contributed by atoms with Crippen molar-refractivity contribution in [2.75, 3.05) is 39.5 Å². The number of ether oxygens (including phenoxy) is 2. The van der Waals surface area contributed by atoms with Crippen LogP contribution in [0.25, 0.3) is 0 Å². The molecule has 1 aromatic carbocycles. The van der Waals surface area contributed by atoms with E-state index >= 15 is 0 Å². The molecule has 8 heteroatoms. The maximum absolute atomic E-state index is 9.10. The predicted octanol–water partition coefficient (Wildman–Crippen LogP) is 2.73. The molecular weight excluding hydrogens is 406 g/mol. The first kappa shape index (κ1) is 22.4. The minimum atomic E-state index is -1.82. The van der Waals surface area contributed by atoms with Crippen LogP contribution in [0, 0.1) is 5.92 Å². The number of aliphatic carboxylic acids is 2.